The molecule has 2 heteroatoms. The van der Waals surface area contributed by atoms with Crippen LogP contribution in [0.3, 0.4) is 0 Å². The first-order valence-corrected chi connectivity index (χ1v) is 13.9. The molecule has 0 heterocycles. The Labute approximate surface area is 197 Å². The second kappa shape index (κ2) is 6.64. The molecule has 0 aromatic heterocycles. The summed E-state index contributed by atoms with van der Waals surface area (Å²) in [7, 11) is 0. The second-order valence-electron chi connectivity index (χ2n) is 15.3. The monoisotopic (exact) mass is 442 g/mol. The van der Waals surface area contributed by atoms with Crippen molar-refractivity contribution in [2.24, 2.45) is 56.7 Å². The number of fused-ring (bicyclic) bond motifs is 7. The average molecular weight is 443 g/mol. The third kappa shape index (κ3) is 2.71. The van der Waals surface area contributed by atoms with Gasteiger partial charge >= 0.3 is 0 Å². The van der Waals surface area contributed by atoms with E-state index >= 15 is 0 Å². The summed E-state index contributed by atoms with van der Waals surface area (Å²) in [5.41, 5.74) is 0.687. The summed E-state index contributed by atoms with van der Waals surface area (Å²) in [6.07, 6.45) is 12.3. The van der Waals surface area contributed by atoms with Gasteiger partial charge in [-0.2, -0.15) is 0 Å². The maximum absolute atomic E-state index is 12.9. The standard InChI is InChI=1S/C30H50O2/c1-25(2)21-12-16-30(8)22(28(21,6)15-13-23(25)31)10-9-20-24-19(26(3,4)32)11-14-27(24,5)17-18-29(20,30)7/h19-22,24,32H,9-18H2,1-8H3/t19-,20+,21-,22-,24-,27-,28+,29-,30-/m1/s1. The number of rotatable bonds is 1. The van der Waals surface area contributed by atoms with Crippen LogP contribution in [0.5, 0.6) is 0 Å². The van der Waals surface area contributed by atoms with E-state index in [1.165, 1.54) is 51.4 Å². The van der Waals surface area contributed by atoms with Crippen LogP contribution in [0.25, 0.3) is 0 Å². The SMILES string of the molecule is CC(C)(O)[C@@H]1CC[C@]2(C)CC[C@]3(C)[C@@H](CC[C@@H]4[C@@]5(C)CCC(=O)C(C)(C)[C@H]5CC[C@]43C)[C@@H]12. The molecule has 2 nitrogen and oxygen atoms in total. The molecule has 5 fully saturated rings. The van der Waals surface area contributed by atoms with E-state index in [-0.39, 0.29) is 5.41 Å². The lowest BCUT2D eigenvalue weighted by atomic mass is 9.32. The van der Waals surface area contributed by atoms with Crippen LogP contribution in [0, 0.1) is 56.7 Å². The molecular formula is C30H50O2. The lowest BCUT2D eigenvalue weighted by Gasteiger charge is -2.72. The Kier molecular flexibility index (Phi) is 4.85. The van der Waals surface area contributed by atoms with Gasteiger partial charge in [-0.1, -0.05) is 41.5 Å². The van der Waals surface area contributed by atoms with E-state index in [1.54, 1.807) is 0 Å². The summed E-state index contributed by atoms with van der Waals surface area (Å²) >= 11 is 0. The van der Waals surface area contributed by atoms with E-state index in [4.69, 9.17) is 0 Å². The Morgan fingerprint density at radius 1 is 0.781 bits per heavy atom. The lowest BCUT2D eigenvalue weighted by molar-refractivity contribution is -0.237. The highest BCUT2D eigenvalue weighted by Gasteiger charge is 2.70. The minimum Gasteiger partial charge on any atom is -0.390 e. The van der Waals surface area contributed by atoms with Crippen LogP contribution in [0.2, 0.25) is 0 Å². The first-order chi connectivity index (χ1) is 14.6. The zero-order valence-electron chi connectivity index (χ0n) is 22.3. The van der Waals surface area contributed by atoms with Gasteiger partial charge in [0.25, 0.3) is 0 Å². The Bertz CT molecular complexity index is 806. The van der Waals surface area contributed by atoms with Crippen LogP contribution in [-0.4, -0.2) is 16.5 Å². The average Bonchev–Trinajstić information content (AvgIpc) is 3.04. The molecule has 0 amide bonds. The molecule has 182 valence electrons. The highest BCUT2D eigenvalue weighted by Crippen LogP contribution is 2.77. The first kappa shape index (κ1) is 23.4. The van der Waals surface area contributed by atoms with Crippen molar-refractivity contribution in [2.75, 3.05) is 0 Å². The van der Waals surface area contributed by atoms with Crippen LogP contribution in [0.4, 0.5) is 0 Å². The predicted octanol–water partition coefficient (Wildman–Crippen LogP) is 7.43. The van der Waals surface area contributed by atoms with Crippen molar-refractivity contribution in [1.29, 1.82) is 0 Å². The van der Waals surface area contributed by atoms with Crippen molar-refractivity contribution < 1.29 is 9.90 Å². The number of carbonyl (C=O) groups excluding carboxylic acids is 1. The van der Waals surface area contributed by atoms with Crippen molar-refractivity contribution in [3.8, 4) is 0 Å². The maximum Gasteiger partial charge on any atom is 0.138 e. The van der Waals surface area contributed by atoms with E-state index in [0.29, 0.717) is 45.2 Å². The second-order valence-corrected chi connectivity index (χ2v) is 15.3. The van der Waals surface area contributed by atoms with Crippen LogP contribution in [0.1, 0.15) is 120 Å². The molecule has 0 bridgehead atoms. The highest BCUT2D eigenvalue weighted by atomic mass is 16.3. The van der Waals surface area contributed by atoms with Crippen molar-refractivity contribution >= 4 is 5.78 Å². The molecule has 5 aliphatic rings. The maximum atomic E-state index is 12.9. The number of ketones is 1. The van der Waals surface area contributed by atoms with E-state index in [9.17, 15) is 9.90 Å². The Balaban J connectivity index is 1.55. The van der Waals surface area contributed by atoms with E-state index in [2.05, 4.69) is 55.4 Å². The number of carbonyl (C=O) groups is 1. The van der Waals surface area contributed by atoms with Crippen LogP contribution in [-0.2, 0) is 4.79 Å². The third-order valence-corrected chi connectivity index (χ3v) is 13.5. The van der Waals surface area contributed by atoms with Crippen molar-refractivity contribution in [3.05, 3.63) is 0 Å². The van der Waals surface area contributed by atoms with Gasteiger partial charge in [-0.3, -0.25) is 4.79 Å². The van der Waals surface area contributed by atoms with Crippen LogP contribution in [0.15, 0.2) is 0 Å². The summed E-state index contributed by atoms with van der Waals surface area (Å²) in [4.78, 5) is 12.9. The van der Waals surface area contributed by atoms with Gasteiger partial charge in [0.05, 0.1) is 5.60 Å². The normalized spacial score (nSPS) is 54.9. The molecule has 0 saturated heterocycles. The Morgan fingerprint density at radius 3 is 2.12 bits per heavy atom. The fourth-order valence-electron chi connectivity index (χ4n) is 11.5. The quantitative estimate of drug-likeness (QED) is 0.458. The van der Waals surface area contributed by atoms with Gasteiger partial charge in [-0.25, -0.2) is 0 Å². The van der Waals surface area contributed by atoms with Gasteiger partial charge < -0.3 is 5.11 Å². The van der Waals surface area contributed by atoms with Gasteiger partial charge in [0.1, 0.15) is 5.78 Å². The Hall–Kier alpha value is -0.370. The number of hydrogen-bond donors (Lipinski definition) is 1. The topological polar surface area (TPSA) is 37.3 Å². The van der Waals surface area contributed by atoms with Crippen LogP contribution >= 0.6 is 0 Å². The molecule has 9 atom stereocenters. The Morgan fingerprint density at radius 2 is 1.47 bits per heavy atom. The van der Waals surface area contributed by atoms with Gasteiger partial charge in [-0.15, -0.1) is 0 Å². The highest BCUT2D eigenvalue weighted by molar-refractivity contribution is 5.85. The van der Waals surface area contributed by atoms with Gasteiger partial charge in [-0.05, 0) is 123 Å². The van der Waals surface area contributed by atoms with Crippen LogP contribution < -0.4 is 0 Å². The minimum atomic E-state index is -0.574. The predicted molar refractivity (Wildman–Crippen MR) is 131 cm³/mol. The summed E-state index contributed by atoms with van der Waals surface area (Å²) < 4.78 is 0. The zero-order chi connectivity index (χ0) is 23.5. The molecule has 32 heavy (non-hydrogen) atoms. The van der Waals surface area contributed by atoms with Gasteiger partial charge in [0.15, 0.2) is 0 Å². The molecule has 1 N–H and O–H groups in total. The summed E-state index contributed by atoms with van der Waals surface area (Å²) in [6, 6.07) is 0. The molecule has 5 saturated carbocycles. The third-order valence-electron chi connectivity index (χ3n) is 13.5. The smallest absolute Gasteiger partial charge is 0.138 e. The van der Waals surface area contributed by atoms with Crippen molar-refractivity contribution in [1.82, 2.24) is 0 Å². The molecule has 0 unspecified atom stereocenters. The summed E-state index contributed by atoms with van der Waals surface area (Å²) in [5, 5.41) is 11.2. The lowest BCUT2D eigenvalue weighted by Crippen LogP contribution is -2.66. The van der Waals surface area contributed by atoms with E-state index in [1.807, 2.05) is 0 Å². The fraction of sp³-hybridized carbons (Fsp3) is 0.967. The molecule has 0 radical (unpaired) electrons. The van der Waals surface area contributed by atoms with Gasteiger partial charge in [0, 0.05) is 11.8 Å². The molecular weight excluding hydrogens is 392 g/mol. The first-order valence-electron chi connectivity index (χ1n) is 13.9. The minimum absolute atomic E-state index is 0.158. The molecule has 5 rings (SSSR count). The van der Waals surface area contributed by atoms with Crippen molar-refractivity contribution in [3.63, 3.8) is 0 Å². The molecule has 0 spiro atoms. The van der Waals surface area contributed by atoms with Crippen molar-refractivity contribution in [2.45, 2.75) is 125 Å². The number of Topliss-reactive ketones (excluding diaryl/α,β-unsaturated/α-hetero) is 1. The summed E-state index contributed by atoms with van der Waals surface area (Å²) in [5.74, 6) is 3.62. The zero-order valence-corrected chi connectivity index (χ0v) is 22.3. The largest absolute Gasteiger partial charge is 0.390 e. The molecule has 0 aromatic carbocycles. The van der Waals surface area contributed by atoms with E-state index < -0.39 is 5.60 Å². The fourth-order valence-corrected chi connectivity index (χ4v) is 11.5. The molecule has 0 aromatic rings. The van der Waals surface area contributed by atoms with E-state index in [0.717, 1.165) is 24.7 Å². The summed E-state index contributed by atoms with van der Waals surface area (Å²) in [6.45, 7) is 19.2. The number of aliphatic hydroxyl groups is 1. The molecule has 0 aliphatic heterocycles. The number of hydrogen-bond acceptors (Lipinski definition) is 2. The van der Waals surface area contributed by atoms with Gasteiger partial charge in [0.2, 0.25) is 0 Å². The molecule has 5 aliphatic carbocycles.